The van der Waals surface area contributed by atoms with Crippen LogP contribution >= 0.6 is 27.7 Å². The van der Waals surface area contributed by atoms with Gasteiger partial charge in [-0.15, -0.1) is 5.10 Å². The van der Waals surface area contributed by atoms with Crippen LogP contribution in [0.25, 0.3) is 0 Å². The van der Waals surface area contributed by atoms with Gasteiger partial charge in [-0.1, -0.05) is 40.2 Å². The number of thioether (sulfide) groups is 1. The summed E-state index contributed by atoms with van der Waals surface area (Å²) in [6.07, 6.45) is 0. The first kappa shape index (κ1) is 15.8. The molecule has 0 radical (unpaired) electrons. The molecule has 0 aromatic heterocycles. The van der Waals surface area contributed by atoms with E-state index < -0.39 is 0 Å². The zero-order valence-electron chi connectivity index (χ0n) is 11.9. The minimum atomic E-state index is -0.327. The molecule has 0 aliphatic carbocycles. The molecule has 7 heteroatoms. The molecule has 1 N–H and O–H groups in total. The second-order valence-electron chi connectivity index (χ2n) is 4.74. The first-order valence-electron chi connectivity index (χ1n) is 6.80. The minimum Gasteiger partial charge on any atom is -0.311 e. The molecule has 1 saturated heterocycles. The lowest BCUT2D eigenvalue weighted by Gasteiger charge is -2.16. The highest BCUT2D eigenvalue weighted by molar-refractivity contribution is 9.10. The molecule has 1 aliphatic rings. The Morgan fingerprint density at radius 2 is 1.96 bits per heavy atom. The molecular weight excluding hydrogens is 378 g/mol. The number of amides is 1. The summed E-state index contributed by atoms with van der Waals surface area (Å²) >= 11 is 4.34. The Labute approximate surface area is 145 Å². The smallest absolute Gasteiger partial charge is 0.271 e. The van der Waals surface area contributed by atoms with Gasteiger partial charge in [-0.25, -0.2) is 5.43 Å². The van der Waals surface area contributed by atoms with Crippen molar-refractivity contribution in [3.05, 3.63) is 64.6 Å². The predicted octanol–water partition coefficient (Wildman–Crippen LogP) is 3.23. The molecule has 0 spiro atoms. The van der Waals surface area contributed by atoms with Crippen molar-refractivity contribution in [2.24, 2.45) is 5.10 Å². The first-order chi connectivity index (χ1) is 11.1. The highest BCUT2D eigenvalue weighted by Crippen LogP contribution is 2.26. The zero-order valence-corrected chi connectivity index (χ0v) is 14.3. The Balaban J connectivity index is 1.78. The van der Waals surface area contributed by atoms with Gasteiger partial charge < -0.3 is 4.90 Å². The van der Waals surface area contributed by atoms with Crippen LogP contribution in [0.4, 0.5) is 5.69 Å². The minimum absolute atomic E-state index is 0.00990. The normalized spacial score (nSPS) is 16.0. The monoisotopic (exact) mass is 389 g/mol. The third-order valence-corrected chi connectivity index (χ3v) is 4.48. The van der Waals surface area contributed by atoms with Gasteiger partial charge >= 0.3 is 0 Å². The van der Waals surface area contributed by atoms with E-state index in [1.165, 1.54) is 0 Å². The zero-order chi connectivity index (χ0) is 16.2. The Morgan fingerprint density at radius 1 is 1.17 bits per heavy atom. The Morgan fingerprint density at radius 3 is 2.70 bits per heavy atom. The third kappa shape index (κ3) is 3.80. The summed E-state index contributed by atoms with van der Waals surface area (Å²) in [5.41, 5.74) is 3.85. The topological polar surface area (TPSA) is 61.8 Å². The Kier molecular flexibility index (Phi) is 4.78. The fourth-order valence-electron chi connectivity index (χ4n) is 2.07. The maximum absolute atomic E-state index is 12.1. The molecule has 116 valence electrons. The van der Waals surface area contributed by atoms with Crippen molar-refractivity contribution in [2.45, 2.75) is 0 Å². The van der Waals surface area contributed by atoms with Crippen LogP contribution in [-0.4, -0.2) is 22.7 Å². The van der Waals surface area contributed by atoms with E-state index in [1.54, 1.807) is 23.1 Å². The number of hydrogen-bond donors (Lipinski definition) is 1. The Hall–Kier alpha value is -2.12. The van der Waals surface area contributed by atoms with Crippen LogP contribution in [0.5, 0.6) is 0 Å². The molecule has 0 unspecified atom stereocenters. The molecule has 1 heterocycles. The van der Waals surface area contributed by atoms with Gasteiger partial charge in [-0.05, 0) is 42.1 Å². The summed E-state index contributed by atoms with van der Waals surface area (Å²) in [5, 5.41) is 4.56. The van der Waals surface area contributed by atoms with Crippen molar-refractivity contribution in [1.82, 2.24) is 5.43 Å². The van der Waals surface area contributed by atoms with E-state index in [0.29, 0.717) is 10.7 Å². The van der Waals surface area contributed by atoms with Crippen molar-refractivity contribution in [1.29, 1.82) is 0 Å². The van der Waals surface area contributed by atoms with Gasteiger partial charge in [0, 0.05) is 15.7 Å². The SMILES string of the molecule is O=C1CN(c2ccccc2)C(=NNC(=O)c2cccc(Br)c2)S1. The highest BCUT2D eigenvalue weighted by Gasteiger charge is 2.28. The highest BCUT2D eigenvalue weighted by atomic mass is 79.9. The van der Waals surface area contributed by atoms with E-state index in [0.717, 1.165) is 21.9 Å². The molecule has 2 aromatic carbocycles. The van der Waals surface area contributed by atoms with Gasteiger partial charge in [0.15, 0.2) is 5.17 Å². The standard InChI is InChI=1S/C16H12BrN3O2S/c17-12-6-4-5-11(9-12)15(22)18-19-16-20(10-14(21)23-16)13-7-2-1-3-8-13/h1-9H,10H2,(H,18,22). The molecule has 0 saturated carbocycles. The van der Waals surface area contributed by atoms with Gasteiger partial charge in [-0.2, -0.15) is 0 Å². The average Bonchev–Trinajstić information content (AvgIpc) is 2.94. The maximum Gasteiger partial charge on any atom is 0.271 e. The maximum atomic E-state index is 12.1. The lowest BCUT2D eigenvalue weighted by molar-refractivity contribution is -0.109. The molecule has 5 nitrogen and oxygen atoms in total. The number of nitrogens with zero attached hydrogens (tertiary/aromatic N) is 2. The molecule has 3 rings (SSSR count). The number of carbonyl (C=O) groups excluding carboxylic acids is 2. The second-order valence-corrected chi connectivity index (χ2v) is 6.68. The molecule has 2 aromatic rings. The van der Waals surface area contributed by atoms with Crippen LogP contribution in [0.15, 0.2) is 64.2 Å². The van der Waals surface area contributed by atoms with Gasteiger partial charge in [0.25, 0.3) is 5.91 Å². The van der Waals surface area contributed by atoms with E-state index >= 15 is 0 Å². The summed E-state index contributed by atoms with van der Waals surface area (Å²) in [6, 6.07) is 16.5. The van der Waals surface area contributed by atoms with E-state index in [4.69, 9.17) is 0 Å². The predicted molar refractivity (Wildman–Crippen MR) is 95.4 cm³/mol. The second kappa shape index (κ2) is 6.97. The number of nitrogens with one attached hydrogen (secondary N) is 1. The number of amidine groups is 1. The number of hydrogen-bond acceptors (Lipinski definition) is 4. The molecular formula is C16H12BrN3O2S. The molecule has 1 fully saturated rings. The van der Waals surface area contributed by atoms with E-state index in [-0.39, 0.29) is 17.6 Å². The fourth-order valence-corrected chi connectivity index (χ4v) is 3.24. The first-order valence-corrected chi connectivity index (χ1v) is 8.41. The summed E-state index contributed by atoms with van der Waals surface area (Å²) < 4.78 is 0.814. The van der Waals surface area contributed by atoms with Crippen LogP contribution in [-0.2, 0) is 4.79 Å². The molecule has 0 bridgehead atoms. The largest absolute Gasteiger partial charge is 0.311 e. The van der Waals surface area contributed by atoms with Gasteiger partial charge in [-0.3, -0.25) is 9.59 Å². The molecule has 23 heavy (non-hydrogen) atoms. The average molecular weight is 390 g/mol. The van der Waals surface area contributed by atoms with E-state index in [9.17, 15) is 9.59 Å². The van der Waals surface area contributed by atoms with Crippen molar-refractivity contribution in [2.75, 3.05) is 11.4 Å². The summed E-state index contributed by atoms with van der Waals surface area (Å²) in [7, 11) is 0. The lowest BCUT2D eigenvalue weighted by Crippen LogP contribution is -2.28. The number of carbonyl (C=O) groups is 2. The van der Waals surface area contributed by atoms with Crippen LogP contribution in [0.2, 0.25) is 0 Å². The lowest BCUT2D eigenvalue weighted by atomic mass is 10.2. The number of hydrazone groups is 1. The molecule has 1 amide bonds. The number of benzene rings is 2. The third-order valence-electron chi connectivity index (χ3n) is 3.13. The number of halogens is 1. The van der Waals surface area contributed by atoms with Gasteiger partial charge in [0.05, 0.1) is 6.54 Å². The van der Waals surface area contributed by atoms with Gasteiger partial charge in [0.2, 0.25) is 5.12 Å². The van der Waals surface area contributed by atoms with Gasteiger partial charge in [0.1, 0.15) is 0 Å². The van der Waals surface area contributed by atoms with Crippen LogP contribution in [0.1, 0.15) is 10.4 Å². The molecule has 0 atom stereocenters. The summed E-state index contributed by atoms with van der Waals surface area (Å²) in [6.45, 7) is 0.236. The number of anilines is 1. The fraction of sp³-hybridized carbons (Fsp3) is 0.0625. The van der Waals surface area contributed by atoms with Crippen molar-refractivity contribution in [3.63, 3.8) is 0 Å². The Bertz CT molecular complexity index is 780. The summed E-state index contributed by atoms with van der Waals surface area (Å²) in [4.78, 5) is 25.6. The van der Waals surface area contributed by atoms with E-state index in [1.807, 2.05) is 36.4 Å². The quantitative estimate of drug-likeness (QED) is 0.818. The van der Waals surface area contributed by atoms with Crippen LogP contribution in [0, 0.1) is 0 Å². The number of rotatable bonds is 3. The van der Waals surface area contributed by atoms with Crippen molar-refractivity contribution >= 4 is 49.6 Å². The van der Waals surface area contributed by atoms with Crippen LogP contribution in [0.3, 0.4) is 0 Å². The van der Waals surface area contributed by atoms with Crippen molar-refractivity contribution in [3.8, 4) is 0 Å². The van der Waals surface area contributed by atoms with Crippen molar-refractivity contribution < 1.29 is 9.59 Å². The number of para-hydroxylation sites is 1. The molecule has 1 aliphatic heterocycles. The van der Waals surface area contributed by atoms with Crippen LogP contribution < -0.4 is 10.3 Å². The summed E-state index contributed by atoms with van der Waals surface area (Å²) in [5.74, 6) is -0.327. The van der Waals surface area contributed by atoms with E-state index in [2.05, 4.69) is 26.5 Å².